The Labute approximate surface area is 76.3 Å². The highest BCUT2D eigenvalue weighted by atomic mass is 32.2. The zero-order valence-electron chi connectivity index (χ0n) is 6.78. The Hall–Kier alpha value is -0.390. The highest BCUT2D eigenvalue weighted by Gasteiger charge is 2.13. The molecule has 12 heavy (non-hydrogen) atoms. The first-order valence-corrected chi connectivity index (χ1v) is 6.11. The Balaban J connectivity index is 2.74. The van der Waals surface area contributed by atoms with E-state index in [0.29, 0.717) is 10.8 Å². The SMILES string of the molecule is CNCCS(=O)(=O)c1cccs1. The maximum absolute atomic E-state index is 11.4. The molecule has 5 heteroatoms. The summed E-state index contributed by atoms with van der Waals surface area (Å²) in [5.74, 6) is 0.171. The van der Waals surface area contributed by atoms with Crippen LogP contribution in [0.1, 0.15) is 0 Å². The fourth-order valence-corrected chi connectivity index (χ4v) is 3.19. The first kappa shape index (κ1) is 9.70. The van der Waals surface area contributed by atoms with Gasteiger partial charge in [-0.3, -0.25) is 0 Å². The molecule has 1 aromatic rings. The average Bonchev–Trinajstić information content (AvgIpc) is 2.53. The van der Waals surface area contributed by atoms with Gasteiger partial charge in [0, 0.05) is 6.54 Å². The summed E-state index contributed by atoms with van der Waals surface area (Å²) in [6.07, 6.45) is 0. The summed E-state index contributed by atoms with van der Waals surface area (Å²) in [6, 6.07) is 3.38. The molecule has 0 unspecified atom stereocenters. The average molecular weight is 205 g/mol. The predicted molar refractivity (Wildman–Crippen MR) is 50.3 cm³/mol. The summed E-state index contributed by atoms with van der Waals surface area (Å²) >= 11 is 1.26. The van der Waals surface area contributed by atoms with Gasteiger partial charge < -0.3 is 5.32 Å². The van der Waals surface area contributed by atoms with Crippen molar-refractivity contribution in [2.24, 2.45) is 0 Å². The minimum Gasteiger partial charge on any atom is -0.319 e. The van der Waals surface area contributed by atoms with Crippen LogP contribution >= 0.6 is 11.3 Å². The van der Waals surface area contributed by atoms with Crippen molar-refractivity contribution < 1.29 is 8.42 Å². The van der Waals surface area contributed by atoms with Crippen molar-refractivity contribution in [1.29, 1.82) is 0 Å². The lowest BCUT2D eigenvalue weighted by Gasteiger charge is -1.99. The van der Waals surface area contributed by atoms with E-state index >= 15 is 0 Å². The number of sulfone groups is 1. The minimum atomic E-state index is -3.02. The molecule has 0 aliphatic rings. The van der Waals surface area contributed by atoms with Gasteiger partial charge in [0.2, 0.25) is 0 Å². The molecule has 1 aromatic heterocycles. The van der Waals surface area contributed by atoms with Crippen LogP contribution in [0.3, 0.4) is 0 Å². The van der Waals surface area contributed by atoms with Crippen LogP contribution in [0, 0.1) is 0 Å². The summed E-state index contributed by atoms with van der Waals surface area (Å²) in [5.41, 5.74) is 0. The van der Waals surface area contributed by atoms with Crippen LogP contribution in [-0.4, -0.2) is 27.8 Å². The van der Waals surface area contributed by atoms with Gasteiger partial charge in [-0.1, -0.05) is 6.07 Å². The van der Waals surface area contributed by atoms with E-state index in [4.69, 9.17) is 0 Å². The van der Waals surface area contributed by atoms with Gasteiger partial charge in [-0.2, -0.15) is 0 Å². The third-order valence-electron chi connectivity index (χ3n) is 1.42. The third kappa shape index (κ3) is 2.30. The molecule has 0 bridgehead atoms. The molecule has 0 aliphatic heterocycles. The van der Waals surface area contributed by atoms with Crippen LogP contribution in [0.5, 0.6) is 0 Å². The zero-order valence-corrected chi connectivity index (χ0v) is 8.41. The molecule has 0 fully saturated rings. The molecule has 0 atom stereocenters. The summed E-state index contributed by atoms with van der Waals surface area (Å²) < 4.78 is 23.3. The fraction of sp³-hybridized carbons (Fsp3) is 0.429. The zero-order chi connectivity index (χ0) is 9.03. The Morgan fingerprint density at radius 2 is 2.33 bits per heavy atom. The maximum atomic E-state index is 11.4. The van der Waals surface area contributed by atoms with Crippen molar-refractivity contribution in [3.8, 4) is 0 Å². The molecule has 0 amide bonds. The second-order valence-electron chi connectivity index (χ2n) is 2.35. The number of hydrogen-bond donors (Lipinski definition) is 1. The van der Waals surface area contributed by atoms with E-state index in [0.717, 1.165) is 0 Å². The number of nitrogens with one attached hydrogen (secondary N) is 1. The van der Waals surface area contributed by atoms with E-state index in [9.17, 15) is 8.42 Å². The standard InChI is InChI=1S/C7H11NO2S2/c1-8-4-6-12(9,10)7-3-2-5-11-7/h2-3,5,8H,4,6H2,1H3. The van der Waals surface area contributed by atoms with Crippen molar-refractivity contribution in [3.05, 3.63) is 17.5 Å². The summed E-state index contributed by atoms with van der Waals surface area (Å²) in [6.45, 7) is 0.500. The van der Waals surface area contributed by atoms with Gasteiger partial charge in [0.05, 0.1) is 5.75 Å². The van der Waals surface area contributed by atoms with E-state index in [1.54, 1.807) is 24.6 Å². The highest BCUT2D eigenvalue weighted by molar-refractivity contribution is 7.93. The van der Waals surface area contributed by atoms with E-state index in [-0.39, 0.29) is 5.75 Å². The van der Waals surface area contributed by atoms with Gasteiger partial charge in [-0.05, 0) is 18.5 Å². The van der Waals surface area contributed by atoms with Crippen molar-refractivity contribution in [2.45, 2.75) is 4.21 Å². The van der Waals surface area contributed by atoms with Crippen LogP contribution < -0.4 is 5.32 Å². The lowest BCUT2D eigenvalue weighted by atomic mass is 10.7. The van der Waals surface area contributed by atoms with Gasteiger partial charge in [0.25, 0.3) is 0 Å². The molecule has 3 nitrogen and oxygen atoms in total. The Bertz CT molecular complexity index is 315. The van der Waals surface area contributed by atoms with Crippen LogP contribution in [0.25, 0.3) is 0 Å². The highest BCUT2D eigenvalue weighted by Crippen LogP contribution is 2.16. The van der Waals surface area contributed by atoms with Crippen LogP contribution in [-0.2, 0) is 9.84 Å². The normalized spacial score (nSPS) is 11.8. The predicted octanol–water partition coefficient (Wildman–Crippen LogP) is 0.741. The Kier molecular flexibility index (Phi) is 3.25. The molecule has 0 spiro atoms. The summed E-state index contributed by atoms with van der Waals surface area (Å²) in [5, 5.41) is 4.58. The van der Waals surface area contributed by atoms with E-state index < -0.39 is 9.84 Å². The van der Waals surface area contributed by atoms with Crippen LogP contribution in [0.4, 0.5) is 0 Å². The minimum absolute atomic E-state index is 0.171. The third-order valence-corrected chi connectivity index (χ3v) is 4.63. The van der Waals surface area contributed by atoms with Gasteiger partial charge in [0.15, 0.2) is 9.84 Å². The maximum Gasteiger partial charge on any atom is 0.188 e. The molecule has 0 aliphatic carbocycles. The topological polar surface area (TPSA) is 46.2 Å². The smallest absolute Gasteiger partial charge is 0.188 e. The van der Waals surface area contributed by atoms with Crippen molar-refractivity contribution in [1.82, 2.24) is 5.32 Å². The lowest BCUT2D eigenvalue weighted by Crippen LogP contribution is -2.18. The van der Waals surface area contributed by atoms with Crippen LogP contribution in [0.15, 0.2) is 21.7 Å². The Morgan fingerprint density at radius 3 is 2.83 bits per heavy atom. The largest absolute Gasteiger partial charge is 0.319 e. The molecule has 0 aromatic carbocycles. The molecule has 0 saturated heterocycles. The summed E-state index contributed by atoms with van der Waals surface area (Å²) in [4.78, 5) is 0. The fourth-order valence-electron chi connectivity index (χ4n) is 0.777. The lowest BCUT2D eigenvalue weighted by molar-refractivity contribution is 0.595. The van der Waals surface area contributed by atoms with Gasteiger partial charge in [-0.15, -0.1) is 11.3 Å². The molecule has 1 N–H and O–H groups in total. The second kappa shape index (κ2) is 4.02. The number of thiophene rings is 1. The quantitative estimate of drug-likeness (QED) is 0.788. The molecular weight excluding hydrogens is 194 g/mol. The van der Waals surface area contributed by atoms with E-state index in [1.807, 2.05) is 0 Å². The molecule has 0 saturated carbocycles. The molecule has 68 valence electrons. The van der Waals surface area contributed by atoms with Gasteiger partial charge in [-0.25, -0.2) is 8.42 Å². The van der Waals surface area contributed by atoms with Crippen molar-refractivity contribution >= 4 is 21.2 Å². The number of rotatable bonds is 4. The Morgan fingerprint density at radius 1 is 1.58 bits per heavy atom. The van der Waals surface area contributed by atoms with Crippen molar-refractivity contribution in [2.75, 3.05) is 19.3 Å². The van der Waals surface area contributed by atoms with Crippen molar-refractivity contribution in [3.63, 3.8) is 0 Å². The molecule has 1 heterocycles. The van der Waals surface area contributed by atoms with Crippen LogP contribution in [0.2, 0.25) is 0 Å². The first-order chi connectivity index (χ1) is 5.67. The monoisotopic (exact) mass is 205 g/mol. The van der Waals surface area contributed by atoms with E-state index in [1.165, 1.54) is 11.3 Å². The molecular formula is C7H11NO2S2. The van der Waals surface area contributed by atoms with Gasteiger partial charge in [0.1, 0.15) is 4.21 Å². The van der Waals surface area contributed by atoms with E-state index in [2.05, 4.69) is 5.32 Å². The number of hydrogen-bond acceptors (Lipinski definition) is 4. The second-order valence-corrected chi connectivity index (χ2v) is 5.64. The van der Waals surface area contributed by atoms with Gasteiger partial charge >= 0.3 is 0 Å². The molecule has 0 radical (unpaired) electrons. The first-order valence-electron chi connectivity index (χ1n) is 3.57. The molecule has 1 rings (SSSR count). The summed E-state index contributed by atoms with van der Waals surface area (Å²) in [7, 11) is -1.28.